The summed E-state index contributed by atoms with van der Waals surface area (Å²) in [7, 11) is 0. The SMILES string of the molecule is CCCCCCC(C)N1CCCC(NC(C)C)C1. The van der Waals surface area contributed by atoms with Crippen LogP contribution in [0.3, 0.4) is 0 Å². The van der Waals surface area contributed by atoms with Gasteiger partial charge in [-0.15, -0.1) is 0 Å². The predicted octanol–water partition coefficient (Wildman–Crippen LogP) is 3.81. The quantitative estimate of drug-likeness (QED) is 0.663. The number of piperidine rings is 1. The molecule has 1 heterocycles. The number of unbranched alkanes of at least 4 members (excludes halogenated alkanes) is 3. The fraction of sp³-hybridized carbons (Fsp3) is 1.00. The number of nitrogens with zero attached hydrogens (tertiary/aromatic N) is 1. The van der Waals surface area contributed by atoms with E-state index in [1.165, 1.54) is 58.0 Å². The van der Waals surface area contributed by atoms with Crippen LogP contribution in [0.15, 0.2) is 0 Å². The molecule has 0 aromatic carbocycles. The molecule has 0 amide bonds. The van der Waals surface area contributed by atoms with Crippen molar-refractivity contribution in [2.75, 3.05) is 13.1 Å². The van der Waals surface area contributed by atoms with Crippen LogP contribution in [0.5, 0.6) is 0 Å². The minimum atomic E-state index is 0.620. The van der Waals surface area contributed by atoms with Gasteiger partial charge < -0.3 is 5.32 Å². The van der Waals surface area contributed by atoms with Crippen LogP contribution in [0.4, 0.5) is 0 Å². The molecule has 18 heavy (non-hydrogen) atoms. The Morgan fingerprint density at radius 3 is 2.61 bits per heavy atom. The zero-order chi connectivity index (χ0) is 13.4. The third-order valence-corrected chi connectivity index (χ3v) is 4.12. The molecule has 1 rings (SSSR count). The van der Waals surface area contributed by atoms with Gasteiger partial charge in [-0.2, -0.15) is 0 Å². The van der Waals surface area contributed by atoms with Gasteiger partial charge in [0.2, 0.25) is 0 Å². The van der Waals surface area contributed by atoms with E-state index in [2.05, 4.69) is 37.9 Å². The van der Waals surface area contributed by atoms with Gasteiger partial charge in [0.1, 0.15) is 0 Å². The molecule has 0 aromatic rings. The maximum atomic E-state index is 3.70. The maximum absolute atomic E-state index is 3.70. The molecular formula is C16H34N2. The summed E-state index contributed by atoms with van der Waals surface area (Å²) in [5.41, 5.74) is 0. The molecule has 1 aliphatic heterocycles. The first kappa shape index (κ1) is 16.0. The van der Waals surface area contributed by atoms with Crippen molar-refractivity contribution in [3.05, 3.63) is 0 Å². The zero-order valence-corrected chi connectivity index (χ0v) is 13.0. The lowest BCUT2D eigenvalue weighted by molar-refractivity contribution is 0.134. The van der Waals surface area contributed by atoms with Crippen LogP contribution in [0.2, 0.25) is 0 Å². The van der Waals surface area contributed by atoms with E-state index in [9.17, 15) is 0 Å². The molecule has 1 fully saturated rings. The van der Waals surface area contributed by atoms with Crippen LogP contribution >= 0.6 is 0 Å². The Morgan fingerprint density at radius 2 is 1.94 bits per heavy atom. The molecule has 1 saturated heterocycles. The molecule has 2 atom stereocenters. The second-order valence-electron chi connectivity index (χ2n) is 6.35. The van der Waals surface area contributed by atoms with E-state index < -0.39 is 0 Å². The average molecular weight is 254 g/mol. The number of hydrogen-bond donors (Lipinski definition) is 1. The lowest BCUT2D eigenvalue weighted by Crippen LogP contribution is -2.50. The van der Waals surface area contributed by atoms with Crippen LogP contribution in [0.1, 0.15) is 72.6 Å². The van der Waals surface area contributed by atoms with E-state index in [1.807, 2.05) is 0 Å². The van der Waals surface area contributed by atoms with Gasteiger partial charge in [0.05, 0.1) is 0 Å². The highest BCUT2D eigenvalue weighted by Gasteiger charge is 2.23. The second kappa shape index (κ2) is 8.92. The Hall–Kier alpha value is -0.0800. The van der Waals surface area contributed by atoms with Crippen LogP contribution in [-0.2, 0) is 0 Å². The van der Waals surface area contributed by atoms with Crippen molar-refractivity contribution in [3.63, 3.8) is 0 Å². The Balaban J connectivity index is 2.22. The minimum absolute atomic E-state index is 0.620. The molecule has 0 aliphatic carbocycles. The third kappa shape index (κ3) is 6.19. The molecule has 0 spiro atoms. The first-order chi connectivity index (χ1) is 8.63. The molecule has 0 radical (unpaired) electrons. The fourth-order valence-electron chi connectivity index (χ4n) is 3.06. The number of nitrogens with one attached hydrogen (secondary N) is 1. The first-order valence-corrected chi connectivity index (χ1v) is 8.13. The van der Waals surface area contributed by atoms with Crippen LogP contribution in [0.25, 0.3) is 0 Å². The molecule has 0 bridgehead atoms. The summed E-state index contributed by atoms with van der Waals surface area (Å²) in [6.45, 7) is 11.8. The highest BCUT2D eigenvalue weighted by Crippen LogP contribution is 2.17. The Kier molecular flexibility index (Phi) is 7.92. The number of hydrogen-bond acceptors (Lipinski definition) is 2. The second-order valence-corrected chi connectivity index (χ2v) is 6.35. The summed E-state index contributed by atoms with van der Waals surface area (Å²) in [6, 6.07) is 2.12. The molecule has 2 nitrogen and oxygen atoms in total. The summed E-state index contributed by atoms with van der Waals surface area (Å²) in [5, 5.41) is 3.70. The third-order valence-electron chi connectivity index (χ3n) is 4.12. The van der Waals surface area contributed by atoms with Crippen molar-refractivity contribution in [2.24, 2.45) is 0 Å². The minimum Gasteiger partial charge on any atom is -0.311 e. The van der Waals surface area contributed by atoms with Gasteiger partial charge in [0.25, 0.3) is 0 Å². The normalized spacial score (nSPS) is 23.5. The first-order valence-electron chi connectivity index (χ1n) is 8.13. The van der Waals surface area contributed by atoms with Gasteiger partial charge in [-0.3, -0.25) is 4.90 Å². The lowest BCUT2D eigenvalue weighted by atomic mass is 10.0. The summed E-state index contributed by atoms with van der Waals surface area (Å²) in [5.74, 6) is 0. The van der Waals surface area contributed by atoms with Gasteiger partial charge in [-0.05, 0) is 32.7 Å². The van der Waals surface area contributed by atoms with E-state index in [0.29, 0.717) is 6.04 Å². The molecule has 1 aliphatic rings. The van der Waals surface area contributed by atoms with Gasteiger partial charge in [0.15, 0.2) is 0 Å². The van der Waals surface area contributed by atoms with Crippen LogP contribution < -0.4 is 5.32 Å². The van der Waals surface area contributed by atoms with Gasteiger partial charge in [0, 0.05) is 24.7 Å². The number of likely N-dealkylation sites (tertiary alicyclic amines) is 1. The van der Waals surface area contributed by atoms with Crippen molar-refractivity contribution in [3.8, 4) is 0 Å². The molecule has 1 N–H and O–H groups in total. The van der Waals surface area contributed by atoms with Gasteiger partial charge in [-0.25, -0.2) is 0 Å². The number of rotatable bonds is 8. The van der Waals surface area contributed by atoms with Gasteiger partial charge in [-0.1, -0.05) is 46.5 Å². The lowest BCUT2D eigenvalue weighted by Gasteiger charge is -2.38. The highest BCUT2D eigenvalue weighted by molar-refractivity contribution is 4.82. The molecule has 0 aromatic heterocycles. The monoisotopic (exact) mass is 254 g/mol. The topological polar surface area (TPSA) is 15.3 Å². The Labute approximate surface area is 115 Å². The summed E-state index contributed by atoms with van der Waals surface area (Å²) >= 11 is 0. The van der Waals surface area contributed by atoms with Crippen LogP contribution in [-0.4, -0.2) is 36.1 Å². The molecule has 0 saturated carbocycles. The van der Waals surface area contributed by atoms with E-state index in [-0.39, 0.29) is 0 Å². The van der Waals surface area contributed by atoms with Crippen molar-refractivity contribution >= 4 is 0 Å². The zero-order valence-electron chi connectivity index (χ0n) is 13.0. The van der Waals surface area contributed by atoms with Crippen molar-refractivity contribution in [1.82, 2.24) is 10.2 Å². The van der Waals surface area contributed by atoms with Crippen molar-refractivity contribution in [1.29, 1.82) is 0 Å². The molecule has 2 heteroatoms. The smallest absolute Gasteiger partial charge is 0.0197 e. The van der Waals surface area contributed by atoms with Crippen LogP contribution in [0, 0.1) is 0 Å². The largest absolute Gasteiger partial charge is 0.311 e. The average Bonchev–Trinajstić information content (AvgIpc) is 2.34. The highest BCUT2D eigenvalue weighted by atomic mass is 15.2. The van der Waals surface area contributed by atoms with E-state index in [4.69, 9.17) is 0 Å². The molecule has 108 valence electrons. The summed E-state index contributed by atoms with van der Waals surface area (Å²) in [4.78, 5) is 2.70. The fourth-order valence-corrected chi connectivity index (χ4v) is 3.06. The summed E-state index contributed by atoms with van der Waals surface area (Å²) < 4.78 is 0. The maximum Gasteiger partial charge on any atom is 0.0197 e. The van der Waals surface area contributed by atoms with Crippen molar-refractivity contribution < 1.29 is 0 Å². The Morgan fingerprint density at radius 1 is 1.17 bits per heavy atom. The van der Waals surface area contributed by atoms with E-state index >= 15 is 0 Å². The standard InChI is InChI=1S/C16H34N2/c1-5-6-7-8-10-15(4)18-12-9-11-16(13-18)17-14(2)3/h14-17H,5-13H2,1-4H3. The predicted molar refractivity (Wildman–Crippen MR) is 81.1 cm³/mol. The van der Waals surface area contributed by atoms with Crippen molar-refractivity contribution in [2.45, 2.75) is 90.8 Å². The van der Waals surface area contributed by atoms with E-state index in [1.54, 1.807) is 0 Å². The Bertz CT molecular complexity index is 203. The summed E-state index contributed by atoms with van der Waals surface area (Å²) in [6.07, 6.45) is 9.69. The van der Waals surface area contributed by atoms with Gasteiger partial charge >= 0.3 is 0 Å². The van der Waals surface area contributed by atoms with E-state index in [0.717, 1.165) is 12.1 Å². The molecule has 2 unspecified atom stereocenters. The molecular weight excluding hydrogens is 220 g/mol.